The van der Waals surface area contributed by atoms with E-state index in [4.69, 9.17) is 21.1 Å². The van der Waals surface area contributed by atoms with Gasteiger partial charge in [0, 0.05) is 5.02 Å². The number of aliphatic hydroxyl groups is 1. The van der Waals surface area contributed by atoms with Crippen LogP contribution in [-0.4, -0.2) is 35.8 Å². The average Bonchev–Trinajstić information content (AvgIpc) is 2.59. The predicted octanol–water partition coefficient (Wildman–Crippen LogP) is 3.55. The van der Waals surface area contributed by atoms with Crippen LogP contribution < -0.4 is 10.1 Å². The predicted molar refractivity (Wildman–Crippen MR) is 104 cm³/mol. The van der Waals surface area contributed by atoms with E-state index >= 15 is 0 Å². The molecule has 2 N–H and O–H groups in total. The summed E-state index contributed by atoms with van der Waals surface area (Å²) in [7, 11) is 1.50. The van der Waals surface area contributed by atoms with E-state index in [-0.39, 0.29) is 5.97 Å². The fourth-order valence-corrected chi connectivity index (χ4v) is 5.98. The quantitative estimate of drug-likeness (QED) is 0.729. The summed E-state index contributed by atoms with van der Waals surface area (Å²) in [6.07, 6.45) is 3.64. The molecule has 4 saturated carbocycles. The van der Waals surface area contributed by atoms with Gasteiger partial charge in [-0.2, -0.15) is 0 Å². The minimum Gasteiger partial charge on any atom is -0.495 e. The highest BCUT2D eigenvalue weighted by molar-refractivity contribution is 6.31. The van der Waals surface area contributed by atoms with Crippen LogP contribution in [-0.2, 0) is 14.3 Å². The Balaban J connectivity index is 1.44. The summed E-state index contributed by atoms with van der Waals surface area (Å²) in [5.41, 5.74) is -0.976. The molecule has 5 atom stereocenters. The first-order chi connectivity index (χ1) is 13.2. The summed E-state index contributed by atoms with van der Waals surface area (Å²) >= 11 is 5.99. The van der Waals surface area contributed by atoms with E-state index in [9.17, 15) is 14.7 Å². The second-order valence-corrected chi connectivity index (χ2v) is 9.28. The fourth-order valence-electron chi connectivity index (χ4n) is 5.80. The van der Waals surface area contributed by atoms with Crippen molar-refractivity contribution >= 4 is 29.2 Å². The van der Waals surface area contributed by atoms with Crippen LogP contribution in [0.2, 0.25) is 5.02 Å². The van der Waals surface area contributed by atoms with Gasteiger partial charge in [-0.05, 0) is 75.5 Å². The molecule has 152 valence electrons. The monoisotopic (exact) mass is 407 g/mol. The lowest BCUT2D eigenvalue weighted by Crippen LogP contribution is -2.59. The molecule has 0 heterocycles. The molecule has 4 aliphatic rings. The number of hydrogen-bond donors (Lipinski definition) is 2. The Bertz CT molecular complexity index is 796. The van der Waals surface area contributed by atoms with Crippen LogP contribution in [0.4, 0.5) is 5.69 Å². The van der Waals surface area contributed by atoms with Crippen molar-refractivity contribution in [3.05, 3.63) is 23.2 Å². The van der Waals surface area contributed by atoms with Crippen LogP contribution >= 0.6 is 11.6 Å². The van der Waals surface area contributed by atoms with Gasteiger partial charge in [0.1, 0.15) is 5.75 Å². The molecule has 0 spiro atoms. The number of anilines is 1. The maximum absolute atomic E-state index is 13.0. The fraction of sp³-hybridized carbons (Fsp3) is 0.619. The van der Waals surface area contributed by atoms with Crippen LogP contribution in [0.1, 0.15) is 45.4 Å². The molecule has 0 aromatic heterocycles. The number of halogens is 1. The minimum atomic E-state index is -0.959. The van der Waals surface area contributed by atoms with Gasteiger partial charge in [0.2, 0.25) is 0 Å². The zero-order chi connectivity index (χ0) is 20.1. The zero-order valence-electron chi connectivity index (χ0n) is 16.2. The molecular formula is C21H26ClNO5. The van der Waals surface area contributed by atoms with E-state index in [2.05, 4.69) is 5.32 Å². The number of amides is 1. The van der Waals surface area contributed by atoms with Gasteiger partial charge in [-0.15, -0.1) is 0 Å². The summed E-state index contributed by atoms with van der Waals surface area (Å²) in [4.78, 5) is 25.6. The molecule has 4 bridgehead atoms. The van der Waals surface area contributed by atoms with Gasteiger partial charge < -0.3 is 19.9 Å². The summed E-state index contributed by atoms with van der Waals surface area (Å²) in [5, 5.41) is 14.0. The molecule has 0 radical (unpaired) electrons. The first-order valence-electron chi connectivity index (χ1n) is 9.80. The molecule has 1 aromatic rings. The van der Waals surface area contributed by atoms with Crippen LogP contribution in [0, 0.1) is 17.3 Å². The van der Waals surface area contributed by atoms with Crippen LogP contribution in [0.5, 0.6) is 5.75 Å². The number of nitrogens with one attached hydrogen (secondary N) is 1. The molecule has 6 nitrogen and oxygen atoms in total. The third kappa shape index (κ3) is 3.48. The Morgan fingerprint density at radius 2 is 1.93 bits per heavy atom. The Kier molecular flexibility index (Phi) is 4.82. The van der Waals surface area contributed by atoms with Crippen molar-refractivity contribution in [2.75, 3.05) is 12.4 Å². The van der Waals surface area contributed by atoms with Crippen LogP contribution in [0.15, 0.2) is 18.2 Å². The van der Waals surface area contributed by atoms with Crippen molar-refractivity contribution in [2.45, 2.75) is 57.2 Å². The SMILES string of the molecule is COc1ccc(Cl)cc1NC(=O)[C@@H](C)OC(=O)C12C[C@@H]3C[C@@H](CC(O)(C3)C1)C2. The highest BCUT2D eigenvalue weighted by Crippen LogP contribution is 2.62. The molecule has 1 amide bonds. The van der Waals surface area contributed by atoms with Crippen molar-refractivity contribution in [3.8, 4) is 5.75 Å². The smallest absolute Gasteiger partial charge is 0.312 e. The number of ether oxygens (including phenoxy) is 2. The average molecular weight is 408 g/mol. The number of hydrogen-bond acceptors (Lipinski definition) is 5. The third-order valence-electron chi connectivity index (χ3n) is 6.54. The van der Waals surface area contributed by atoms with Crippen LogP contribution in [0.25, 0.3) is 0 Å². The number of benzene rings is 1. The summed E-state index contributed by atoms with van der Waals surface area (Å²) < 4.78 is 10.8. The lowest BCUT2D eigenvalue weighted by Gasteiger charge is -2.58. The van der Waals surface area contributed by atoms with Gasteiger partial charge in [-0.3, -0.25) is 9.59 Å². The van der Waals surface area contributed by atoms with Gasteiger partial charge in [-0.1, -0.05) is 11.6 Å². The van der Waals surface area contributed by atoms with Crippen molar-refractivity contribution in [1.82, 2.24) is 0 Å². The second-order valence-electron chi connectivity index (χ2n) is 8.85. The molecule has 0 saturated heterocycles. The summed E-state index contributed by atoms with van der Waals surface area (Å²) in [5.74, 6) is 0.412. The number of rotatable bonds is 5. The minimum absolute atomic E-state index is 0.360. The number of esters is 1. The van der Waals surface area contributed by atoms with Gasteiger partial charge in [0.25, 0.3) is 5.91 Å². The summed E-state index contributed by atoms with van der Waals surface area (Å²) in [6.45, 7) is 1.56. The number of carbonyl (C=O) groups is 2. The number of carbonyl (C=O) groups excluding carboxylic acids is 2. The molecule has 2 unspecified atom stereocenters. The first kappa shape index (κ1) is 19.5. The van der Waals surface area contributed by atoms with Crippen molar-refractivity contribution in [2.24, 2.45) is 17.3 Å². The first-order valence-corrected chi connectivity index (χ1v) is 10.2. The molecule has 4 aliphatic carbocycles. The molecular weight excluding hydrogens is 382 g/mol. The maximum atomic E-state index is 13.0. The lowest BCUT2D eigenvalue weighted by molar-refractivity contribution is -0.199. The van der Waals surface area contributed by atoms with E-state index in [0.29, 0.717) is 34.7 Å². The molecule has 4 fully saturated rings. The van der Waals surface area contributed by atoms with Gasteiger partial charge >= 0.3 is 5.97 Å². The van der Waals surface area contributed by atoms with E-state index < -0.39 is 23.0 Å². The third-order valence-corrected chi connectivity index (χ3v) is 6.77. The lowest BCUT2D eigenvalue weighted by atomic mass is 9.48. The Hall–Kier alpha value is -1.79. The largest absolute Gasteiger partial charge is 0.495 e. The second kappa shape index (κ2) is 6.92. The zero-order valence-corrected chi connectivity index (χ0v) is 16.9. The maximum Gasteiger partial charge on any atom is 0.312 e. The van der Waals surface area contributed by atoms with E-state index in [1.165, 1.54) is 7.11 Å². The number of methoxy groups -OCH3 is 1. The van der Waals surface area contributed by atoms with E-state index in [1.54, 1.807) is 25.1 Å². The standard InChI is InChI=1S/C21H26ClNO5/c1-12(18(24)23-16-6-15(22)3-4-17(16)27-2)28-19(25)20-7-13-5-14(8-20)10-21(26,9-13)11-20/h3-4,6,12-14,26H,5,7-11H2,1-2H3,(H,23,24)/t12-,13-,14+,20?,21?/m1/s1. The van der Waals surface area contributed by atoms with Crippen LogP contribution in [0.3, 0.4) is 0 Å². The molecule has 5 rings (SSSR count). The Morgan fingerprint density at radius 1 is 1.25 bits per heavy atom. The highest BCUT2D eigenvalue weighted by atomic mass is 35.5. The molecule has 7 heteroatoms. The van der Waals surface area contributed by atoms with Crippen molar-refractivity contribution < 1.29 is 24.2 Å². The van der Waals surface area contributed by atoms with E-state index in [1.807, 2.05) is 0 Å². The summed E-state index contributed by atoms with van der Waals surface area (Å²) in [6, 6.07) is 4.91. The molecule has 1 aromatic carbocycles. The van der Waals surface area contributed by atoms with E-state index in [0.717, 1.165) is 32.1 Å². The normalized spacial score (nSPS) is 34.0. The molecule has 28 heavy (non-hydrogen) atoms. The van der Waals surface area contributed by atoms with Gasteiger partial charge in [0.05, 0.1) is 23.8 Å². The Labute approximate surface area is 169 Å². The van der Waals surface area contributed by atoms with Gasteiger partial charge in [0.15, 0.2) is 6.10 Å². The van der Waals surface area contributed by atoms with Crippen molar-refractivity contribution in [1.29, 1.82) is 0 Å². The highest BCUT2D eigenvalue weighted by Gasteiger charge is 2.61. The van der Waals surface area contributed by atoms with Gasteiger partial charge in [-0.25, -0.2) is 0 Å². The topological polar surface area (TPSA) is 84.9 Å². The Morgan fingerprint density at radius 3 is 2.54 bits per heavy atom. The molecule has 0 aliphatic heterocycles. The van der Waals surface area contributed by atoms with Crippen molar-refractivity contribution in [3.63, 3.8) is 0 Å².